The zero-order valence-corrected chi connectivity index (χ0v) is 12.4. The normalized spacial score (nSPS) is 11.2. The van der Waals surface area contributed by atoms with E-state index in [1.165, 1.54) is 12.1 Å². The second kappa shape index (κ2) is 5.02. The summed E-state index contributed by atoms with van der Waals surface area (Å²) < 4.78 is 29.8. The maximum atomic E-state index is 14.1. The van der Waals surface area contributed by atoms with Crippen LogP contribution in [0.15, 0.2) is 46.9 Å². The highest BCUT2D eigenvalue weighted by atomic mass is 79.9. The average Bonchev–Trinajstić information content (AvgIpc) is 2.72. The number of halogens is 3. The van der Waals surface area contributed by atoms with E-state index in [-0.39, 0.29) is 11.6 Å². The Hall–Kier alpha value is -1.68. The molecule has 0 saturated heterocycles. The summed E-state index contributed by atoms with van der Waals surface area (Å²) in [6.45, 7) is 2.45. The van der Waals surface area contributed by atoms with Crippen molar-refractivity contribution in [1.82, 2.24) is 4.57 Å². The lowest BCUT2D eigenvalue weighted by molar-refractivity contribution is 0.623. The number of hydrogen-bond acceptors (Lipinski definition) is 0. The second-order valence-electron chi connectivity index (χ2n) is 4.80. The van der Waals surface area contributed by atoms with E-state index in [2.05, 4.69) is 15.9 Å². The highest BCUT2D eigenvalue weighted by molar-refractivity contribution is 9.10. The Morgan fingerprint density at radius 3 is 2.65 bits per heavy atom. The summed E-state index contributed by atoms with van der Waals surface area (Å²) in [6, 6.07) is 11.8. The molecule has 0 N–H and O–H groups in total. The molecule has 2 aromatic carbocycles. The molecule has 3 rings (SSSR count). The van der Waals surface area contributed by atoms with Crippen LogP contribution in [0.4, 0.5) is 8.78 Å². The van der Waals surface area contributed by atoms with E-state index in [1.807, 2.05) is 29.7 Å². The van der Waals surface area contributed by atoms with E-state index >= 15 is 0 Å². The van der Waals surface area contributed by atoms with Crippen LogP contribution in [0, 0.1) is 18.6 Å². The van der Waals surface area contributed by atoms with Gasteiger partial charge in [-0.05, 0) is 58.7 Å². The summed E-state index contributed by atoms with van der Waals surface area (Å²) in [5.41, 5.74) is 2.61. The number of benzene rings is 2. The van der Waals surface area contributed by atoms with Crippen molar-refractivity contribution >= 4 is 26.8 Å². The van der Waals surface area contributed by atoms with Crippen molar-refractivity contribution in [2.75, 3.05) is 0 Å². The number of nitrogens with zero attached hydrogens (tertiary/aromatic N) is 1. The van der Waals surface area contributed by atoms with E-state index < -0.39 is 0 Å². The van der Waals surface area contributed by atoms with Crippen LogP contribution < -0.4 is 0 Å². The van der Waals surface area contributed by atoms with Gasteiger partial charge < -0.3 is 4.57 Å². The first-order valence-electron chi connectivity index (χ1n) is 6.24. The lowest BCUT2D eigenvalue weighted by Crippen LogP contribution is -2.01. The van der Waals surface area contributed by atoms with E-state index in [9.17, 15) is 8.78 Å². The van der Waals surface area contributed by atoms with Crippen LogP contribution in [0.25, 0.3) is 10.9 Å². The maximum Gasteiger partial charge on any atom is 0.146 e. The van der Waals surface area contributed by atoms with E-state index in [0.717, 1.165) is 16.8 Å². The van der Waals surface area contributed by atoms with Gasteiger partial charge in [-0.2, -0.15) is 0 Å². The zero-order valence-electron chi connectivity index (χ0n) is 10.8. The van der Waals surface area contributed by atoms with Gasteiger partial charge in [0.1, 0.15) is 11.6 Å². The quantitative estimate of drug-likeness (QED) is 0.618. The molecule has 1 heterocycles. The lowest BCUT2D eigenvalue weighted by Gasteiger charge is -2.09. The molecule has 0 aliphatic rings. The molecule has 0 bridgehead atoms. The van der Waals surface area contributed by atoms with Gasteiger partial charge in [-0.15, -0.1) is 0 Å². The number of fused-ring (bicyclic) bond motifs is 1. The third kappa shape index (κ3) is 2.24. The zero-order chi connectivity index (χ0) is 14.3. The van der Waals surface area contributed by atoms with Gasteiger partial charge in [0.05, 0.1) is 9.99 Å². The van der Waals surface area contributed by atoms with Crippen LogP contribution in [0.5, 0.6) is 0 Å². The van der Waals surface area contributed by atoms with Crippen molar-refractivity contribution in [2.45, 2.75) is 13.5 Å². The van der Waals surface area contributed by atoms with Gasteiger partial charge in [0, 0.05) is 17.6 Å². The standard InChI is InChI=1S/C16H12BrF2N/c1-10-7-13-15(6-5-14(17)16(13)19)20(10)9-11-3-2-4-12(18)8-11/h2-8H,9H2,1H3. The summed E-state index contributed by atoms with van der Waals surface area (Å²) in [5.74, 6) is -0.519. The van der Waals surface area contributed by atoms with E-state index in [1.54, 1.807) is 12.1 Å². The highest BCUT2D eigenvalue weighted by Crippen LogP contribution is 2.28. The Balaban J connectivity index is 2.12. The summed E-state index contributed by atoms with van der Waals surface area (Å²) in [7, 11) is 0. The third-order valence-electron chi connectivity index (χ3n) is 3.41. The largest absolute Gasteiger partial charge is 0.340 e. The Labute approximate surface area is 124 Å². The fourth-order valence-electron chi connectivity index (χ4n) is 2.43. The molecule has 1 aromatic heterocycles. The molecular weight excluding hydrogens is 324 g/mol. The van der Waals surface area contributed by atoms with Gasteiger partial charge in [-0.1, -0.05) is 12.1 Å². The minimum atomic E-state index is -0.261. The molecule has 4 heteroatoms. The fraction of sp³-hybridized carbons (Fsp3) is 0.125. The molecule has 20 heavy (non-hydrogen) atoms. The molecule has 1 nitrogen and oxygen atoms in total. The molecule has 0 fully saturated rings. The first kappa shape index (κ1) is 13.3. The van der Waals surface area contributed by atoms with Gasteiger partial charge in [0.2, 0.25) is 0 Å². The van der Waals surface area contributed by atoms with Crippen molar-refractivity contribution in [1.29, 1.82) is 0 Å². The summed E-state index contributed by atoms with van der Waals surface area (Å²) in [5, 5.41) is 0.577. The highest BCUT2D eigenvalue weighted by Gasteiger charge is 2.12. The van der Waals surface area contributed by atoms with E-state index in [0.29, 0.717) is 16.4 Å². The molecule has 3 aromatic rings. The van der Waals surface area contributed by atoms with Gasteiger partial charge in [0.15, 0.2) is 0 Å². The van der Waals surface area contributed by atoms with Gasteiger partial charge in [-0.25, -0.2) is 8.78 Å². The minimum Gasteiger partial charge on any atom is -0.340 e. The molecular formula is C16H12BrF2N. The topological polar surface area (TPSA) is 4.93 Å². The number of aromatic nitrogens is 1. The van der Waals surface area contributed by atoms with Crippen LogP contribution in [-0.4, -0.2) is 4.57 Å². The molecule has 0 amide bonds. The Morgan fingerprint density at radius 1 is 1.10 bits per heavy atom. The van der Waals surface area contributed by atoms with Gasteiger partial charge in [-0.3, -0.25) is 0 Å². The van der Waals surface area contributed by atoms with Crippen LogP contribution >= 0.6 is 15.9 Å². The van der Waals surface area contributed by atoms with Crippen molar-refractivity contribution in [3.05, 3.63) is 69.8 Å². The molecule has 0 aliphatic heterocycles. The predicted molar refractivity (Wildman–Crippen MR) is 79.8 cm³/mol. The molecule has 0 aliphatic carbocycles. The predicted octanol–water partition coefficient (Wildman–Crippen LogP) is 5.04. The second-order valence-corrected chi connectivity index (χ2v) is 5.65. The van der Waals surface area contributed by atoms with Crippen LogP contribution in [0.3, 0.4) is 0 Å². The number of hydrogen-bond donors (Lipinski definition) is 0. The van der Waals surface area contributed by atoms with Crippen LogP contribution in [-0.2, 0) is 6.54 Å². The van der Waals surface area contributed by atoms with Crippen molar-refractivity contribution < 1.29 is 8.78 Å². The lowest BCUT2D eigenvalue weighted by atomic mass is 10.2. The van der Waals surface area contributed by atoms with Crippen LogP contribution in [0.1, 0.15) is 11.3 Å². The van der Waals surface area contributed by atoms with E-state index in [4.69, 9.17) is 0 Å². The Morgan fingerprint density at radius 2 is 1.90 bits per heavy atom. The molecule has 0 saturated carbocycles. The van der Waals surface area contributed by atoms with Crippen LogP contribution in [0.2, 0.25) is 0 Å². The molecule has 102 valence electrons. The van der Waals surface area contributed by atoms with Crippen molar-refractivity contribution in [2.24, 2.45) is 0 Å². The van der Waals surface area contributed by atoms with Crippen molar-refractivity contribution in [3.63, 3.8) is 0 Å². The number of rotatable bonds is 2. The molecule has 0 spiro atoms. The smallest absolute Gasteiger partial charge is 0.146 e. The molecule has 0 atom stereocenters. The maximum absolute atomic E-state index is 14.1. The average molecular weight is 336 g/mol. The van der Waals surface area contributed by atoms with Gasteiger partial charge in [0.25, 0.3) is 0 Å². The van der Waals surface area contributed by atoms with Crippen molar-refractivity contribution in [3.8, 4) is 0 Å². The third-order valence-corrected chi connectivity index (χ3v) is 4.02. The SMILES string of the molecule is Cc1cc2c(F)c(Br)ccc2n1Cc1cccc(F)c1. The Bertz CT molecular complexity index is 793. The monoisotopic (exact) mass is 335 g/mol. The molecule has 0 unspecified atom stereocenters. The summed E-state index contributed by atoms with van der Waals surface area (Å²) in [4.78, 5) is 0. The number of aryl methyl sites for hydroxylation is 1. The first-order chi connectivity index (χ1) is 9.56. The summed E-state index contributed by atoms with van der Waals surface area (Å²) in [6.07, 6.45) is 0. The fourth-order valence-corrected chi connectivity index (χ4v) is 2.78. The molecule has 0 radical (unpaired) electrons. The first-order valence-corrected chi connectivity index (χ1v) is 7.04. The van der Waals surface area contributed by atoms with Gasteiger partial charge >= 0.3 is 0 Å². The minimum absolute atomic E-state index is 0.259. The Kier molecular flexibility index (Phi) is 3.34. The summed E-state index contributed by atoms with van der Waals surface area (Å²) >= 11 is 3.19.